The van der Waals surface area contributed by atoms with Gasteiger partial charge in [-0.15, -0.1) is 0 Å². The van der Waals surface area contributed by atoms with Crippen LogP contribution >= 0.6 is 0 Å². The standard InChI is InChI=1S/C16H23NO3/c1-3-16(2,17-8-10-20-11-9-17)15(19)12-13-4-6-14(18)7-5-13/h4-7,18H,3,8-12H2,1-2H3. The molecule has 4 nitrogen and oxygen atoms in total. The number of rotatable bonds is 5. The Balaban J connectivity index is 2.09. The van der Waals surface area contributed by atoms with Crippen LogP contribution < -0.4 is 0 Å². The van der Waals surface area contributed by atoms with Gasteiger partial charge in [0.15, 0.2) is 5.78 Å². The summed E-state index contributed by atoms with van der Waals surface area (Å²) in [6.45, 7) is 7.10. The molecule has 1 aromatic rings. The summed E-state index contributed by atoms with van der Waals surface area (Å²) >= 11 is 0. The summed E-state index contributed by atoms with van der Waals surface area (Å²) in [5, 5.41) is 9.29. The molecule has 1 fully saturated rings. The van der Waals surface area contributed by atoms with Crippen LogP contribution in [0.15, 0.2) is 24.3 Å². The maximum absolute atomic E-state index is 12.7. The van der Waals surface area contributed by atoms with E-state index >= 15 is 0 Å². The number of ether oxygens (including phenoxy) is 1. The quantitative estimate of drug-likeness (QED) is 0.894. The number of morpholine rings is 1. The molecular formula is C16H23NO3. The van der Waals surface area contributed by atoms with Crippen molar-refractivity contribution in [3.8, 4) is 5.75 Å². The third kappa shape index (κ3) is 3.19. The molecular weight excluding hydrogens is 254 g/mol. The van der Waals surface area contributed by atoms with Crippen molar-refractivity contribution in [3.63, 3.8) is 0 Å². The van der Waals surface area contributed by atoms with Crippen molar-refractivity contribution in [2.24, 2.45) is 0 Å². The lowest BCUT2D eigenvalue weighted by atomic mass is 9.87. The van der Waals surface area contributed by atoms with Crippen LogP contribution in [0.25, 0.3) is 0 Å². The molecule has 0 bridgehead atoms. The predicted molar refractivity (Wildman–Crippen MR) is 77.9 cm³/mol. The molecule has 20 heavy (non-hydrogen) atoms. The number of hydrogen-bond acceptors (Lipinski definition) is 4. The van der Waals surface area contributed by atoms with Crippen LogP contribution in [0.1, 0.15) is 25.8 Å². The van der Waals surface area contributed by atoms with Gasteiger partial charge in [0.25, 0.3) is 0 Å². The minimum absolute atomic E-state index is 0.229. The molecule has 110 valence electrons. The number of ketones is 1. The Hall–Kier alpha value is -1.39. The van der Waals surface area contributed by atoms with Gasteiger partial charge in [0.1, 0.15) is 5.75 Å². The molecule has 4 heteroatoms. The first-order valence-corrected chi connectivity index (χ1v) is 7.20. The van der Waals surface area contributed by atoms with Crippen LogP contribution in [0.5, 0.6) is 5.75 Å². The van der Waals surface area contributed by atoms with Crippen LogP contribution in [0.3, 0.4) is 0 Å². The molecule has 2 rings (SSSR count). The lowest BCUT2D eigenvalue weighted by molar-refractivity contribution is -0.133. The molecule has 0 aliphatic carbocycles. The lowest BCUT2D eigenvalue weighted by Crippen LogP contribution is -2.56. The van der Waals surface area contributed by atoms with E-state index in [1.54, 1.807) is 12.1 Å². The normalized spacial score (nSPS) is 19.5. The molecule has 0 spiro atoms. The van der Waals surface area contributed by atoms with E-state index < -0.39 is 5.54 Å². The Morgan fingerprint density at radius 1 is 1.30 bits per heavy atom. The topological polar surface area (TPSA) is 49.8 Å². The van der Waals surface area contributed by atoms with E-state index in [1.807, 2.05) is 19.1 Å². The number of phenols is 1. The van der Waals surface area contributed by atoms with Gasteiger partial charge in [-0.2, -0.15) is 0 Å². The summed E-state index contributed by atoms with van der Waals surface area (Å²) in [4.78, 5) is 14.9. The van der Waals surface area contributed by atoms with Crippen LogP contribution in [-0.2, 0) is 16.0 Å². The Kier molecular flexibility index (Phi) is 4.78. The third-order valence-electron chi connectivity index (χ3n) is 4.30. The zero-order chi connectivity index (χ0) is 14.6. The van der Waals surface area contributed by atoms with Crippen molar-refractivity contribution in [3.05, 3.63) is 29.8 Å². The molecule has 0 aromatic heterocycles. The summed E-state index contributed by atoms with van der Waals surface area (Å²) in [7, 11) is 0. The highest BCUT2D eigenvalue weighted by Gasteiger charge is 2.37. The number of carbonyl (C=O) groups excluding carboxylic acids is 1. The summed E-state index contributed by atoms with van der Waals surface area (Å²) in [6, 6.07) is 6.87. The first-order valence-electron chi connectivity index (χ1n) is 7.20. The minimum Gasteiger partial charge on any atom is -0.508 e. The molecule has 0 saturated carbocycles. The molecule has 1 aliphatic heterocycles. The number of hydrogen-bond donors (Lipinski definition) is 1. The zero-order valence-electron chi connectivity index (χ0n) is 12.3. The summed E-state index contributed by atoms with van der Waals surface area (Å²) in [6.07, 6.45) is 1.20. The number of Topliss-reactive ketones (excluding diaryl/α,β-unsaturated/α-hetero) is 1. The van der Waals surface area contributed by atoms with Crippen molar-refractivity contribution < 1.29 is 14.6 Å². The molecule has 1 aromatic carbocycles. The molecule has 1 aliphatic rings. The van der Waals surface area contributed by atoms with E-state index in [1.165, 1.54) is 0 Å². The van der Waals surface area contributed by atoms with Crippen LogP contribution in [-0.4, -0.2) is 47.6 Å². The molecule has 1 N–H and O–H groups in total. The molecule has 0 amide bonds. The van der Waals surface area contributed by atoms with E-state index in [4.69, 9.17) is 4.74 Å². The Bertz CT molecular complexity index is 451. The number of carbonyl (C=O) groups is 1. The van der Waals surface area contributed by atoms with Gasteiger partial charge in [-0.3, -0.25) is 9.69 Å². The highest BCUT2D eigenvalue weighted by atomic mass is 16.5. The fourth-order valence-corrected chi connectivity index (χ4v) is 2.64. The fraction of sp³-hybridized carbons (Fsp3) is 0.562. The molecule has 1 saturated heterocycles. The second kappa shape index (κ2) is 6.37. The highest BCUT2D eigenvalue weighted by Crippen LogP contribution is 2.24. The van der Waals surface area contributed by atoms with Crippen molar-refractivity contribution in [2.45, 2.75) is 32.2 Å². The maximum atomic E-state index is 12.7. The van der Waals surface area contributed by atoms with Crippen LogP contribution in [0.4, 0.5) is 0 Å². The van der Waals surface area contributed by atoms with Gasteiger partial charge in [0, 0.05) is 19.5 Å². The smallest absolute Gasteiger partial charge is 0.157 e. The maximum Gasteiger partial charge on any atom is 0.157 e. The van der Waals surface area contributed by atoms with Gasteiger partial charge in [-0.25, -0.2) is 0 Å². The van der Waals surface area contributed by atoms with Crippen molar-refractivity contribution in [1.82, 2.24) is 4.90 Å². The van der Waals surface area contributed by atoms with Crippen molar-refractivity contribution >= 4 is 5.78 Å². The second-order valence-electron chi connectivity index (χ2n) is 5.49. The summed E-state index contributed by atoms with van der Waals surface area (Å²) in [5.41, 5.74) is 0.516. The number of aromatic hydroxyl groups is 1. The fourth-order valence-electron chi connectivity index (χ4n) is 2.64. The van der Waals surface area contributed by atoms with E-state index in [9.17, 15) is 9.90 Å². The molecule has 1 atom stereocenters. The average Bonchev–Trinajstić information content (AvgIpc) is 2.49. The van der Waals surface area contributed by atoms with Gasteiger partial charge in [-0.1, -0.05) is 19.1 Å². The first-order chi connectivity index (χ1) is 9.56. The lowest BCUT2D eigenvalue weighted by Gasteiger charge is -2.41. The third-order valence-corrected chi connectivity index (χ3v) is 4.30. The SMILES string of the molecule is CCC(C)(C(=O)Cc1ccc(O)cc1)N1CCOCC1. The number of benzene rings is 1. The van der Waals surface area contributed by atoms with E-state index in [2.05, 4.69) is 11.8 Å². The number of nitrogens with zero attached hydrogens (tertiary/aromatic N) is 1. The van der Waals surface area contributed by atoms with Crippen molar-refractivity contribution in [1.29, 1.82) is 0 Å². The Labute approximate surface area is 120 Å². The monoisotopic (exact) mass is 277 g/mol. The highest BCUT2D eigenvalue weighted by molar-refractivity contribution is 5.89. The van der Waals surface area contributed by atoms with Crippen molar-refractivity contribution in [2.75, 3.05) is 26.3 Å². The largest absolute Gasteiger partial charge is 0.508 e. The average molecular weight is 277 g/mol. The van der Waals surface area contributed by atoms with Gasteiger partial charge >= 0.3 is 0 Å². The van der Waals surface area contributed by atoms with E-state index in [0.717, 1.165) is 25.1 Å². The molecule has 1 heterocycles. The molecule has 1 unspecified atom stereocenters. The molecule has 0 radical (unpaired) electrons. The van der Waals surface area contributed by atoms with E-state index in [0.29, 0.717) is 19.6 Å². The first kappa shape index (κ1) is 15.0. The Morgan fingerprint density at radius 2 is 1.90 bits per heavy atom. The second-order valence-corrected chi connectivity index (χ2v) is 5.49. The minimum atomic E-state index is -0.429. The van der Waals surface area contributed by atoms with Gasteiger partial charge in [0.2, 0.25) is 0 Å². The van der Waals surface area contributed by atoms with Gasteiger partial charge < -0.3 is 9.84 Å². The predicted octanol–water partition coefficient (Wildman–Crippen LogP) is 2.00. The number of phenolic OH excluding ortho intramolecular Hbond substituents is 1. The van der Waals surface area contributed by atoms with Crippen LogP contribution in [0.2, 0.25) is 0 Å². The zero-order valence-corrected chi connectivity index (χ0v) is 12.3. The summed E-state index contributed by atoms with van der Waals surface area (Å²) in [5.74, 6) is 0.459. The van der Waals surface area contributed by atoms with Gasteiger partial charge in [0.05, 0.1) is 18.8 Å². The summed E-state index contributed by atoms with van der Waals surface area (Å²) < 4.78 is 5.37. The Morgan fingerprint density at radius 3 is 2.45 bits per heavy atom. The van der Waals surface area contributed by atoms with E-state index in [-0.39, 0.29) is 11.5 Å². The van der Waals surface area contributed by atoms with Gasteiger partial charge in [-0.05, 0) is 31.0 Å². The van der Waals surface area contributed by atoms with Crippen LogP contribution in [0, 0.1) is 0 Å².